The summed E-state index contributed by atoms with van der Waals surface area (Å²) in [7, 11) is 0. The van der Waals surface area contributed by atoms with Gasteiger partial charge in [0.1, 0.15) is 11.6 Å². The molecule has 0 aromatic heterocycles. The Morgan fingerprint density at radius 1 is 1.18 bits per heavy atom. The van der Waals surface area contributed by atoms with E-state index >= 15 is 0 Å². The quantitative estimate of drug-likeness (QED) is 0.782. The van der Waals surface area contributed by atoms with Gasteiger partial charge in [0.15, 0.2) is 4.87 Å². The summed E-state index contributed by atoms with van der Waals surface area (Å²) in [5, 5.41) is 0. The monoisotopic (exact) mass is 402 g/mol. The number of thioether (sulfide) groups is 1. The van der Waals surface area contributed by atoms with Crippen LogP contribution >= 0.6 is 11.8 Å². The van der Waals surface area contributed by atoms with E-state index in [-0.39, 0.29) is 30.1 Å². The van der Waals surface area contributed by atoms with Crippen molar-refractivity contribution >= 4 is 29.3 Å². The number of rotatable bonds is 3. The fourth-order valence-electron chi connectivity index (χ4n) is 3.89. The van der Waals surface area contributed by atoms with Crippen LogP contribution in [0.4, 0.5) is 14.5 Å². The lowest BCUT2D eigenvalue weighted by Crippen LogP contribution is -2.51. The Bertz CT molecular complexity index is 965. The summed E-state index contributed by atoms with van der Waals surface area (Å²) in [6.07, 6.45) is 0. The van der Waals surface area contributed by atoms with Crippen molar-refractivity contribution < 1.29 is 18.4 Å². The first-order valence-electron chi connectivity index (χ1n) is 9.16. The molecule has 7 heteroatoms. The molecule has 2 amide bonds. The number of hydrogen-bond donors (Lipinski definition) is 0. The first-order valence-corrected chi connectivity index (χ1v) is 10.1. The van der Waals surface area contributed by atoms with Gasteiger partial charge in [0, 0.05) is 23.8 Å². The summed E-state index contributed by atoms with van der Waals surface area (Å²) in [6, 6.07) is 10.3. The topological polar surface area (TPSA) is 40.6 Å². The van der Waals surface area contributed by atoms with Crippen molar-refractivity contribution in [3.8, 4) is 0 Å². The molecule has 2 aliphatic heterocycles. The highest BCUT2D eigenvalue weighted by Crippen LogP contribution is 2.54. The Morgan fingerprint density at radius 3 is 2.64 bits per heavy atom. The van der Waals surface area contributed by atoms with Gasteiger partial charge in [-0.25, -0.2) is 8.78 Å². The summed E-state index contributed by atoms with van der Waals surface area (Å²) in [4.78, 5) is 28.3. The molecule has 2 aliphatic rings. The minimum absolute atomic E-state index is 0.138. The molecule has 0 aliphatic carbocycles. The van der Waals surface area contributed by atoms with Gasteiger partial charge >= 0.3 is 0 Å². The molecule has 28 heavy (non-hydrogen) atoms. The number of anilines is 1. The van der Waals surface area contributed by atoms with E-state index in [4.69, 9.17) is 0 Å². The lowest BCUT2D eigenvalue weighted by atomic mass is 10.0. The SMILES string of the molecule is CC(C)C(=O)N1CCS[C@]12C(=O)N(Cc1cccc(F)c1)c1ccc(F)cc12. The predicted molar refractivity (Wildman–Crippen MR) is 105 cm³/mol. The highest BCUT2D eigenvalue weighted by atomic mass is 32.2. The van der Waals surface area contributed by atoms with E-state index in [2.05, 4.69) is 0 Å². The van der Waals surface area contributed by atoms with Crippen LogP contribution in [-0.2, 0) is 21.0 Å². The Hall–Kier alpha value is -2.41. The average molecular weight is 402 g/mol. The van der Waals surface area contributed by atoms with Gasteiger partial charge in [0.25, 0.3) is 5.91 Å². The summed E-state index contributed by atoms with van der Waals surface area (Å²) >= 11 is 1.36. The Morgan fingerprint density at radius 2 is 1.93 bits per heavy atom. The molecule has 0 radical (unpaired) electrons. The molecule has 1 fully saturated rings. The highest BCUT2D eigenvalue weighted by molar-refractivity contribution is 8.01. The van der Waals surface area contributed by atoms with Gasteiger partial charge in [-0.05, 0) is 35.9 Å². The molecule has 1 atom stereocenters. The van der Waals surface area contributed by atoms with E-state index in [0.29, 0.717) is 29.1 Å². The third kappa shape index (κ3) is 2.80. The fraction of sp³-hybridized carbons (Fsp3) is 0.333. The number of carbonyl (C=O) groups excluding carboxylic acids is 2. The molecular formula is C21H20F2N2O2S. The molecule has 0 unspecified atom stereocenters. The van der Waals surface area contributed by atoms with Crippen LogP contribution in [0.15, 0.2) is 42.5 Å². The van der Waals surface area contributed by atoms with Crippen molar-refractivity contribution in [1.82, 2.24) is 4.90 Å². The standard InChI is InChI=1S/C21H20F2N2O2S/c1-13(2)19(26)25-8-9-28-21(25)17-11-16(23)6-7-18(17)24(20(21)27)12-14-4-3-5-15(22)10-14/h3-7,10-11,13H,8-9,12H2,1-2H3/t21-/m1/s1. The first-order chi connectivity index (χ1) is 13.3. The summed E-state index contributed by atoms with van der Waals surface area (Å²) in [5.41, 5.74) is 1.68. The Labute approximate surface area is 166 Å². The summed E-state index contributed by atoms with van der Waals surface area (Å²) in [5.74, 6) is -0.950. The van der Waals surface area contributed by atoms with E-state index in [9.17, 15) is 18.4 Å². The highest BCUT2D eigenvalue weighted by Gasteiger charge is 2.59. The molecule has 4 rings (SSSR count). The van der Waals surface area contributed by atoms with Crippen LogP contribution in [0.2, 0.25) is 0 Å². The molecule has 0 bridgehead atoms. The molecule has 146 valence electrons. The number of benzene rings is 2. The molecule has 1 spiro atoms. The second kappa shape index (κ2) is 6.88. The lowest BCUT2D eigenvalue weighted by Gasteiger charge is -2.34. The lowest BCUT2D eigenvalue weighted by molar-refractivity contribution is -0.142. The van der Waals surface area contributed by atoms with E-state index in [1.165, 1.54) is 40.9 Å². The number of hydrogen-bond acceptors (Lipinski definition) is 3. The van der Waals surface area contributed by atoms with Gasteiger partial charge in [0.2, 0.25) is 5.91 Å². The predicted octanol–water partition coefficient (Wildman–Crippen LogP) is 3.90. The zero-order chi connectivity index (χ0) is 20.1. The second-order valence-corrected chi connectivity index (χ2v) is 8.61. The van der Waals surface area contributed by atoms with E-state index in [0.717, 1.165) is 0 Å². The van der Waals surface area contributed by atoms with Crippen LogP contribution in [0, 0.1) is 17.6 Å². The molecule has 2 heterocycles. The van der Waals surface area contributed by atoms with Gasteiger partial charge in [-0.1, -0.05) is 26.0 Å². The molecule has 0 N–H and O–H groups in total. The minimum Gasteiger partial charge on any atom is -0.315 e. The maximum Gasteiger partial charge on any atom is 0.268 e. The minimum atomic E-state index is -1.26. The van der Waals surface area contributed by atoms with E-state index in [1.54, 1.807) is 36.9 Å². The number of carbonyl (C=O) groups is 2. The normalized spacial score (nSPS) is 21.1. The van der Waals surface area contributed by atoms with Crippen LogP contribution < -0.4 is 4.90 Å². The Kier molecular flexibility index (Phi) is 4.65. The summed E-state index contributed by atoms with van der Waals surface area (Å²) in [6.45, 7) is 4.16. The third-order valence-corrected chi connectivity index (χ3v) is 6.56. The van der Waals surface area contributed by atoms with Crippen LogP contribution in [0.3, 0.4) is 0 Å². The molecule has 1 saturated heterocycles. The smallest absolute Gasteiger partial charge is 0.268 e. The van der Waals surface area contributed by atoms with Crippen molar-refractivity contribution in [2.24, 2.45) is 5.92 Å². The van der Waals surface area contributed by atoms with Crippen molar-refractivity contribution in [3.05, 3.63) is 65.2 Å². The van der Waals surface area contributed by atoms with Crippen LogP contribution in [0.1, 0.15) is 25.0 Å². The maximum absolute atomic E-state index is 14.1. The number of amides is 2. The van der Waals surface area contributed by atoms with E-state index < -0.39 is 10.7 Å². The zero-order valence-electron chi connectivity index (χ0n) is 15.6. The van der Waals surface area contributed by atoms with Gasteiger partial charge in [-0.15, -0.1) is 11.8 Å². The molecule has 2 aromatic rings. The van der Waals surface area contributed by atoms with Gasteiger partial charge in [0.05, 0.1) is 12.2 Å². The first kappa shape index (κ1) is 18.9. The second-order valence-electron chi connectivity index (χ2n) is 7.32. The van der Waals surface area contributed by atoms with Gasteiger partial charge in [-0.3, -0.25) is 9.59 Å². The number of nitrogens with zero attached hydrogens (tertiary/aromatic N) is 2. The molecule has 4 nitrogen and oxygen atoms in total. The average Bonchev–Trinajstić information content (AvgIpc) is 3.18. The largest absolute Gasteiger partial charge is 0.315 e. The van der Waals surface area contributed by atoms with Gasteiger partial charge in [-0.2, -0.15) is 0 Å². The third-order valence-electron chi connectivity index (χ3n) is 5.15. The maximum atomic E-state index is 14.1. The Balaban J connectivity index is 1.82. The van der Waals surface area contributed by atoms with Crippen LogP contribution in [-0.4, -0.2) is 29.0 Å². The van der Waals surface area contributed by atoms with Crippen molar-refractivity contribution in [2.45, 2.75) is 25.3 Å². The van der Waals surface area contributed by atoms with Crippen LogP contribution in [0.5, 0.6) is 0 Å². The molecular weight excluding hydrogens is 382 g/mol. The summed E-state index contributed by atoms with van der Waals surface area (Å²) < 4.78 is 27.8. The van der Waals surface area contributed by atoms with Crippen LogP contribution in [0.25, 0.3) is 0 Å². The van der Waals surface area contributed by atoms with Gasteiger partial charge < -0.3 is 9.80 Å². The number of halogens is 2. The zero-order valence-corrected chi connectivity index (χ0v) is 16.4. The van der Waals surface area contributed by atoms with Crippen molar-refractivity contribution in [1.29, 1.82) is 0 Å². The fourth-order valence-corrected chi connectivity index (χ4v) is 5.35. The van der Waals surface area contributed by atoms with Crippen molar-refractivity contribution in [2.75, 3.05) is 17.2 Å². The molecule has 0 saturated carbocycles. The molecule has 2 aromatic carbocycles. The van der Waals surface area contributed by atoms with E-state index in [1.807, 2.05) is 0 Å². The number of fused-ring (bicyclic) bond motifs is 2. The van der Waals surface area contributed by atoms with Crippen molar-refractivity contribution in [3.63, 3.8) is 0 Å².